The van der Waals surface area contributed by atoms with Crippen LogP contribution in [0.15, 0.2) is 54.6 Å². The maximum atomic E-state index is 12.3. The predicted molar refractivity (Wildman–Crippen MR) is 74.8 cm³/mol. The minimum Gasteiger partial charge on any atom is -0.489 e. The number of alkyl halides is 2. The predicted octanol–water partition coefficient (Wildman–Crippen LogP) is 3.92. The zero-order chi connectivity index (χ0) is 14.4. The maximum absolute atomic E-state index is 12.3. The fourth-order valence-electron chi connectivity index (χ4n) is 1.88. The van der Waals surface area contributed by atoms with Gasteiger partial charge in [-0.2, -0.15) is 0 Å². The summed E-state index contributed by atoms with van der Waals surface area (Å²) in [4.78, 5) is 0. The Hall–Kier alpha value is -1.94. The third kappa shape index (κ3) is 4.31. The molecule has 2 N–H and O–H groups in total. The summed E-state index contributed by atoms with van der Waals surface area (Å²) in [7, 11) is 0. The second-order valence-corrected chi connectivity index (χ2v) is 4.58. The minimum atomic E-state index is -2.39. The van der Waals surface area contributed by atoms with E-state index in [0.717, 1.165) is 5.56 Å². The Morgan fingerprint density at radius 3 is 2.20 bits per heavy atom. The quantitative estimate of drug-likeness (QED) is 0.868. The molecule has 0 saturated heterocycles. The van der Waals surface area contributed by atoms with Gasteiger partial charge in [0.25, 0.3) is 0 Å². The van der Waals surface area contributed by atoms with Gasteiger partial charge in [-0.25, -0.2) is 8.78 Å². The highest BCUT2D eigenvalue weighted by Gasteiger charge is 2.12. The van der Waals surface area contributed by atoms with Crippen molar-refractivity contribution in [2.75, 3.05) is 0 Å². The van der Waals surface area contributed by atoms with Gasteiger partial charge in [0.15, 0.2) is 0 Å². The van der Waals surface area contributed by atoms with Crippen molar-refractivity contribution in [1.82, 2.24) is 0 Å². The van der Waals surface area contributed by atoms with E-state index in [9.17, 15) is 8.78 Å². The van der Waals surface area contributed by atoms with Crippen molar-refractivity contribution in [2.24, 2.45) is 5.73 Å². The molecule has 1 atom stereocenters. The van der Waals surface area contributed by atoms with E-state index >= 15 is 0 Å². The molecule has 0 saturated carbocycles. The summed E-state index contributed by atoms with van der Waals surface area (Å²) in [5, 5.41) is 0. The standard InChI is InChI=1S/C16H17F2NO/c17-16(18)10-15(19)13-6-8-14(9-7-13)20-11-12-4-2-1-3-5-12/h1-9,15-16H,10-11,19H2/t15-/m0/s1. The average Bonchev–Trinajstić information content (AvgIpc) is 2.46. The molecule has 2 rings (SSSR count). The minimum absolute atomic E-state index is 0.329. The van der Waals surface area contributed by atoms with Crippen molar-refractivity contribution in [3.63, 3.8) is 0 Å². The molecule has 106 valence electrons. The zero-order valence-electron chi connectivity index (χ0n) is 11.0. The van der Waals surface area contributed by atoms with Crippen LogP contribution >= 0.6 is 0 Å². The molecule has 2 aromatic carbocycles. The van der Waals surface area contributed by atoms with Crippen LogP contribution in [0.4, 0.5) is 8.78 Å². The first-order chi connectivity index (χ1) is 9.65. The average molecular weight is 277 g/mol. The molecule has 0 unspecified atom stereocenters. The van der Waals surface area contributed by atoms with E-state index in [2.05, 4.69) is 0 Å². The van der Waals surface area contributed by atoms with Gasteiger partial charge < -0.3 is 10.5 Å². The molecule has 0 radical (unpaired) electrons. The van der Waals surface area contributed by atoms with Crippen molar-refractivity contribution in [1.29, 1.82) is 0 Å². The number of nitrogens with two attached hydrogens (primary N) is 1. The zero-order valence-corrected chi connectivity index (χ0v) is 11.0. The van der Waals surface area contributed by atoms with Crippen LogP contribution < -0.4 is 10.5 Å². The Morgan fingerprint density at radius 1 is 0.950 bits per heavy atom. The number of rotatable bonds is 6. The molecule has 2 nitrogen and oxygen atoms in total. The molecule has 0 aromatic heterocycles. The van der Waals surface area contributed by atoms with Gasteiger partial charge in [-0.15, -0.1) is 0 Å². The van der Waals surface area contributed by atoms with E-state index in [1.54, 1.807) is 24.3 Å². The number of hydrogen-bond donors (Lipinski definition) is 1. The lowest BCUT2D eigenvalue weighted by Crippen LogP contribution is -2.13. The van der Waals surface area contributed by atoms with Crippen LogP contribution in [0, 0.1) is 0 Å². The third-order valence-electron chi connectivity index (χ3n) is 2.99. The van der Waals surface area contributed by atoms with Crippen LogP contribution in [0.5, 0.6) is 5.75 Å². The lowest BCUT2D eigenvalue weighted by molar-refractivity contribution is 0.128. The highest BCUT2D eigenvalue weighted by molar-refractivity contribution is 5.29. The first-order valence-electron chi connectivity index (χ1n) is 6.45. The fraction of sp³-hybridized carbons (Fsp3) is 0.250. The summed E-state index contributed by atoms with van der Waals surface area (Å²) in [5.41, 5.74) is 7.46. The molecule has 0 aliphatic rings. The molecule has 0 amide bonds. The number of benzene rings is 2. The SMILES string of the molecule is N[C@@H](CC(F)F)c1ccc(OCc2ccccc2)cc1. The van der Waals surface area contributed by atoms with Crippen LogP contribution in [-0.2, 0) is 6.61 Å². The fourth-order valence-corrected chi connectivity index (χ4v) is 1.88. The van der Waals surface area contributed by atoms with Gasteiger partial charge in [0.1, 0.15) is 12.4 Å². The van der Waals surface area contributed by atoms with E-state index in [1.165, 1.54) is 0 Å². The van der Waals surface area contributed by atoms with Crippen LogP contribution in [0.2, 0.25) is 0 Å². The van der Waals surface area contributed by atoms with Gasteiger partial charge in [0.2, 0.25) is 6.43 Å². The molecule has 4 heteroatoms. The van der Waals surface area contributed by atoms with E-state index in [0.29, 0.717) is 17.9 Å². The summed E-state index contributed by atoms with van der Waals surface area (Å²) in [5.74, 6) is 0.696. The molecule has 2 aromatic rings. The van der Waals surface area contributed by atoms with Crippen molar-refractivity contribution >= 4 is 0 Å². The highest BCUT2D eigenvalue weighted by atomic mass is 19.3. The van der Waals surface area contributed by atoms with Gasteiger partial charge in [0, 0.05) is 12.5 Å². The number of hydrogen-bond acceptors (Lipinski definition) is 2. The van der Waals surface area contributed by atoms with Crippen molar-refractivity contribution in [3.8, 4) is 5.75 Å². The smallest absolute Gasteiger partial charge is 0.240 e. The topological polar surface area (TPSA) is 35.2 Å². The molecule has 0 spiro atoms. The van der Waals surface area contributed by atoms with Crippen molar-refractivity contribution < 1.29 is 13.5 Å². The van der Waals surface area contributed by atoms with Crippen LogP contribution in [-0.4, -0.2) is 6.43 Å². The molecular weight excluding hydrogens is 260 g/mol. The second kappa shape index (κ2) is 7.01. The number of halogens is 2. The lowest BCUT2D eigenvalue weighted by Gasteiger charge is -2.12. The van der Waals surface area contributed by atoms with Gasteiger partial charge in [0.05, 0.1) is 0 Å². The first kappa shape index (κ1) is 14.5. The maximum Gasteiger partial charge on any atom is 0.240 e. The summed E-state index contributed by atoms with van der Waals surface area (Å²) in [6.45, 7) is 0.475. The second-order valence-electron chi connectivity index (χ2n) is 4.58. The Labute approximate surface area is 117 Å². The molecule has 0 aliphatic heterocycles. The van der Waals surface area contributed by atoms with Crippen molar-refractivity contribution in [3.05, 3.63) is 65.7 Å². The monoisotopic (exact) mass is 277 g/mol. The van der Waals surface area contributed by atoms with Crippen LogP contribution in [0.25, 0.3) is 0 Å². The van der Waals surface area contributed by atoms with Gasteiger partial charge >= 0.3 is 0 Å². The Kier molecular flexibility index (Phi) is 5.07. The highest BCUT2D eigenvalue weighted by Crippen LogP contribution is 2.21. The van der Waals surface area contributed by atoms with Crippen LogP contribution in [0.1, 0.15) is 23.6 Å². The van der Waals surface area contributed by atoms with E-state index in [1.807, 2.05) is 30.3 Å². The Bertz CT molecular complexity index is 514. The van der Waals surface area contributed by atoms with E-state index in [-0.39, 0.29) is 6.42 Å². The third-order valence-corrected chi connectivity index (χ3v) is 2.99. The summed E-state index contributed by atoms with van der Waals surface area (Å²) >= 11 is 0. The molecular formula is C16H17F2NO. The Morgan fingerprint density at radius 2 is 1.60 bits per heavy atom. The molecule has 0 bridgehead atoms. The summed E-state index contributed by atoms with van der Waals surface area (Å²) in [6.07, 6.45) is -2.72. The molecule has 0 fully saturated rings. The van der Waals surface area contributed by atoms with Gasteiger partial charge in [-0.3, -0.25) is 0 Å². The summed E-state index contributed by atoms with van der Waals surface area (Å²) < 4.78 is 30.1. The van der Waals surface area contributed by atoms with Gasteiger partial charge in [-0.1, -0.05) is 42.5 Å². The normalized spacial score (nSPS) is 12.4. The largest absolute Gasteiger partial charge is 0.489 e. The summed E-state index contributed by atoms with van der Waals surface area (Å²) in [6, 6.07) is 16.1. The van der Waals surface area contributed by atoms with E-state index < -0.39 is 12.5 Å². The van der Waals surface area contributed by atoms with Crippen LogP contribution in [0.3, 0.4) is 0 Å². The number of ether oxygens (including phenoxy) is 1. The first-order valence-corrected chi connectivity index (χ1v) is 6.45. The Balaban J connectivity index is 1.91. The van der Waals surface area contributed by atoms with E-state index in [4.69, 9.17) is 10.5 Å². The molecule has 0 heterocycles. The lowest BCUT2D eigenvalue weighted by atomic mass is 10.1. The van der Waals surface area contributed by atoms with Crippen molar-refractivity contribution in [2.45, 2.75) is 25.5 Å². The van der Waals surface area contributed by atoms with Gasteiger partial charge in [-0.05, 0) is 23.3 Å². The molecule has 0 aliphatic carbocycles. The molecule has 20 heavy (non-hydrogen) atoms.